The van der Waals surface area contributed by atoms with E-state index in [0.717, 1.165) is 16.7 Å². The number of hydrogen-bond acceptors (Lipinski definition) is 7. The van der Waals surface area contributed by atoms with Crippen LogP contribution in [0.2, 0.25) is 0 Å². The Kier molecular flexibility index (Phi) is 7.50. The molecule has 0 radical (unpaired) electrons. The lowest BCUT2D eigenvalue weighted by Crippen LogP contribution is -2.29. The van der Waals surface area contributed by atoms with E-state index in [1.807, 2.05) is 37.3 Å². The number of pyridine rings is 1. The van der Waals surface area contributed by atoms with Crippen LogP contribution in [0, 0.1) is 6.92 Å². The molecule has 0 saturated carbocycles. The molecule has 8 nitrogen and oxygen atoms in total. The van der Waals surface area contributed by atoms with Crippen LogP contribution in [0.4, 0.5) is 0 Å². The van der Waals surface area contributed by atoms with Crippen LogP contribution in [0.25, 0.3) is 5.76 Å². The molecule has 202 valence electrons. The number of carbonyl (C=O) groups is 2. The van der Waals surface area contributed by atoms with Crippen molar-refractivity contribution in [3.05, 3.63) is 125 Å². The number of phenolic OH excluding ortho intramolecular Hbond substituents is 1. The van der Waals surface area contributed by atoms with Gasteiger partial charge in [-0.1, -0.05) is 42.5 Å². The molecule has 0 spiro atoms. The minimum Gasteiger partial charge on any atom is -0.507 e. The molecule has 1 saturated heterocycles. The number of aromatic nitrogens is 1. The number of phenols is 1. The zero-order valence-electron chi connectivity index (χ0n) is 22.1. The Morgan fingerprint density at radius 3 is 2.42 bits per heavy atom. The minimum atomic E-state index is -0.927. The number of ketones is 1. The number of ether oxygens (including phenoxy) is 2. The molecule has 1 aliphatic rings. The molecule has 1 aromatic heterocycles. The Labute approximate surface area is 231 Å². The number of methoxy groups -OCH3 is 1. The van der Waals surface area contributed by atoms with Gasteiger partial charge in [-0.05, 0) is 65.6 Å². The zero-order chi connectivity index (χ0) is 28.2. The lowest BCUT2D eigenvalue weighted by Gasteiger charge is -2.26. The van der Waals surface area contributed by atoms with Gasteiger partial charge in [-0.15, -0.1) is 0 Å². The maximum atomic E-state index is 13.4. The van der Waals surface area contributed by atoms with Gasteiger partial charge in [0.2, 0.25) is 0 Å². The average Bonchev–Trinajstić information content (AvgIpc) is 3.22. The summed E-state index contributed by atoms with van der Waals surface area (Å²) < 4.78 is 11.2. The van der Waals surface area contributed by atoms with E-state index in [1.165, 1.54) is 18.1 Å². The van der Waals surface area contributed by atoms with Gasteiger partial charge in [-0.3, -0.25) is 14.6 Å². The number of nitrogens with zero attached hydrogens (tertiary/aromatic N) is 2. The van der Waals surface area contributed by atoms with Crippen molar-refractivity contribution in [3.8, 4) is 17.2 Å². The Morgan fingerprint density at radius 2 is 1.73 bits per heavy atom. The summed E-state index contributed by atoms with van der Waals surface area (Å²) in [5, 5.41) is 21.6. The monoisotopic (exact) mass is 536 g/mol. The smallest absolute Gasteiger partial charge is 0.295 e. The second-order valence-electron chi connectivity index (χ2n) is 9.47. The van der Waals surface area contributed by atoms with Crippen molar-refractivity contribution in [2.75, 3.05) is 7.11 Å². The van der Waals surface area contributed by atoms with Gasteiger partial charge in [0.15, 0.2) is 11.5 Å². The molecule has 40 heavy (non-hydrogen) atoms. The molecule has 1 fully saturated rings. The first kappa shape index (κ1) is 26.5. The number of likely N-dealkylation sites (tertiary alicyclic amines) is 1. The van der Waals surface area contributed by atoms with E-state index in [0.29, 0.717) is 23.5 Å². The fourth-order valence-electron chi connectivity index (χ4n) is 4.79. The highest BCUT2D eigenvalue weighted by molar-refractivity contribution is 6.46. The predicted molar refractivity (Wildman–Crippen MR) is 149 cm³/mol. The van der Waals surface area contributed by atoms with E-state index in [2.05, 4.69) is 4.98 Å². The van der Waals surface area contributed by atoms with E-state index in [9.17, 15) is 19.8 Å². The van der Waals surface area contributed by atoms with E-state index in [4.69, 9.17) is 9.47 Å². The fraction of sp³-hybridized carbons (Fsp3) is 0.156. The van der Waals surface area contributed by atoms with Crippen LogP contribution in [-0.4, -0.2) is 38.9 Å². The van der Waals surface area contributed by atoms with Crippen molar-refractivity contribution >= 4 is 17.4 Å². The SMILES string of the molecule is COc1cc(C2C(=C(O)c3ccc(OCc4ccccc4)c(C)c3)C(=O)C(=O)N2Cc2cccnc2)ccc1O. The molecule has 8 heteroatoms. The summed E-state index contributed by atoms with van der Waals surface area (Å²) in [6.45, 7) is 2.32. The standard InChI is InChI=1S/C32H28N2O6/c1-20-15-24(11-13-26(20)40-19-21-7-4-3-5-8-21)30(36)28-29(23-10-12-25(35)27(16-23)39-2)34(32(38)31(28)37)18-22-9-6-14-33-17-22/h3-17,29,35-36H,18-19H2,1-2H3. The molecule has 2 N–H and O–H groups in total. The van der Waals surface area contributed by atoms with Gasteiger partial charge in [0.25, 0.3) is 11.7 Å². The Morgan fingerprint density at radius 1 is 0.950 bits per heavy atom. The number of aryl methyl sites for hydroxylation is 1. The third kappa shape index (κ3) is 5.24. The number of amides is 1. The maximum absolute atomic E-state index is 13.4. The number of hydrogen-bond donors (Lipinski definition) is 2. The molecule has 1 unspecified atom stereocenters. The highest BCUT2D eigenvalue weighted by Crippen LogP contribution is 2.42. The van der Waals surface area contributed by atoms with Gasteiger partial charge in [-0.25, -0.2) is 0 Å². The van der Waals surface area contributed by atoms with Crippen LogP contribution in [0.1, 0.15) is 33.9 Å². The highest BCUT2D eigenvalue weighted by Gasteiger charge is 2.46. The molecule has 4 aromatic rings. The van der Waals surface area contributed by atoms with Gasteiger partial charge in [-0.2, -0.15) is 0 Å². The minimum absolute atomic E-state index is 0.0565. The quantitative estimate of drug-likeness (QED) is 0.179. The summed E-state index contributed by atoms with van der Waals surface area (Å²) in [6, 6.07) is 22.1. The van der Waals surface area contributed by atoms with Crippen molar-refractivity contribution < 1.29 is 29.3 Å². The van der Waals surface area contributed by atoms with Crippen LogP contribution in [0.3, 0.4) is 0 Å². The molecule has 5 rings (SSSR count). The van der Waals surface area contributed by atoms with Crippen molar-refractivity contribution in [1.82, 2.24) is 9.88 Å². The van der Waals surface area contributed by atoms with E-state index >= 15 is 0 Å². The van der Waals surface area contributed by atoms with Gasteiger partial charge in [0.1, 0.15) is 18.1 Å². The first-order valence-electron chi connectivity index (χ1n) is 12.7. The number of benzene rings is 3. The number of Topliss-reactive ketones (excluding diaryl/α,β-unsaturated/α-hetero) is 1. The molecule has 0 bridgehead atoms. The molecule has 0 aliphatic carbocycles. The van der Waals surface area contributed by atoms with Gasteiger partial charge in [0.05, 0.1) is 18.7 Å². The predicted octanol–water partition coefficient (Wildman–Crippen LogP) is 5.31. The molecule has 1 atom stereocenters. The summed E-state index contributed by atoms with van der Waals surface area (Å²) in [4.78, 5) is 32.2. The third-order valence-electron chi connectivity index (χ3n) is 6.82. The number of rotatable bonds is 8. The van der Waals surface area contributed by atoms with E-state index in [1.54, 1.807) is 54.9 Å². The van der Waals surface area contributed by atoms with Gasteiger partial charge in [0, 0.05) is 24.5 Å². The van der Waals surface area contributed by atoms with Crippen molar-refractivity contribution in [1.29, 1.82) is 0 Å². The third-order valence-corrected chi connectivity index (χ3v) is 6.82. The van der Waals surface area contributed by atoms with Crippen LogP contribution in [0.15, 0.2) is 96.8 Å². The Hall–Kier alpha value is -5.11. The van der Waals surface area contributed by atoms with Crippen LogP contribution < -0.4 is 9.47 Å². The Bertz CT molecular complexity index is 1580. The summed E-state index contributed by atoms with van der Waals surface area (Å²) in [5.41, 5.74) is 3.31. The van der Waals surface area contributed by atoms with E-state index < -0.39 is 17.7 Å². The number of aliphatic hydroxyl groups is 1. The number of aliphatic hydroxyl groups excluding tert-OH is 1. The maximum Gasteiger partial charge on any atom is 0.295 e. The molecule has 2 heterocycles. The van der Waals surface area contributed by atoms with Crippen LogP contribution in [-0.2, 0) is 22.7 Å². The van der Waals surface area contributed by atoms with Gasteiger partial charge < -0.3 is 24.6 Å². The largest absolute Gasteiger partial charge is 0.507 e. The molecule has 3 aromatic carbocycles. The zero-order valence-corrected chi connectivity index (χ0v) is 22.1. The lowest BCUT2D eigenvalue weighted by molar-refractivity contribution is -0.140. The van der Waals surface area contributed by atoms with Crippen molar-refractivity contribution in [2.24, 2.45) is 0 Å². The number of carbonyl (C=O) groups excluding carboxylic acids is 2. The summed E-state index contributed by atoms with van der Waals surface area (Å²) in [7, 11) is 1.41. The van der Waals surface area contributed by atoms with Crippen LogP contribution >= 0.6 is 0 Å². The first-order valence-corrected chi connectivity index (χ1v) is 12.7. The van der Waals surface area contributed by atoms with Crippen LogP contribution in [0.5, 0.6) is 17.2 Å². The normalized spacial score (nSPS) is 16.2. The molecular formula is C32H28N2O6. The van der Waals surface area contributed by atoms with Crippen molar-refractivity contribution in [3.63, 3.8) is 0 Å². The first-order chi connectivity index (χ1) is 19.4. The van der Waals surface area contributed by atoms with E-state index in [-0.39, 0.29) is 29.4 Å². The van der Waals surface area contributed by atoms with Gasteiger partial charge >= 0.3 is 0 Å². The fourth-order valence-corrected chi connectivity index (χ4v) is 4.79. The Balaban J connectivity index is 1.54. The summed E-state index contributed by atoms with van der Waals surface area (Å²) in [5.74, 6) is -1.13. The summed E-state index contributed by atoms with van der Waals surface area (Å²) in [6.07, 6.45) is 3.24. The lowest BCUT2D eigenvalue weighted by atomic mass is 9.94. The molecule has 1 aliphatic heterocycles. The second-order valence-corrected chi connectivity index (χ2v) is 9.47. The topological polar surface area (TPSA) is 109 Å². The highest BCUT2D eigenvalue weighted by atomic mass is 16.5. The second kappa shape index (κ2) is 11.3. The van der Waals surface area contributed by atoms with Crippen molar-refractivity contribution in [2.45, 2.75) is 26.1 Å². The molecular weight excluding hydrogens is 508 g/mol. The average molecular weight is 537 g/mol. The number of aromatic hydroxyl groups is 1. The summed E-state index contributed by atoms with van der Waals surface area (Å²) >= 11 is 0. The molecule has 1 amide bonds.